The summed E-state index contributed by atoms with van der Waals surface area (Å²) in [6, 6.07) is -0.232. The molecule has 8 nitrogen and oxygen atoms in total. The fourth-order valence-corrected chi connectivity index (χ4v) is 2.32. The molecule has 1 aliphatic rings. The van der Waals surface area contributed by atoms with Crippen molar-refractivity contribution in [3.05, 3.63) is 11.9 Å². The van der Waals surface area contributed by atoms with Crippen molar-refractivity contribution in [3.8, 4) is 0 Å². The number of aromatic nitrogens is 3. The zero-order chi connectivity index (χ0) is 14.4. The molecule has 0 aliphatic heterocycles. The van der Waals surface area contributed by atoms with E-state index < -0.39 is 5.97 Å². The topological polar surface area (TPSA) is 109 Å². The van der Waals surface area contributed by atoms with Crippen LogP contribution >= 0.6 is 0 Å². The number of amides is 2. The Kier molecular flexibility index (Phi) is 4.91. The maximum Gasteiger partial charge on any atom is 0.325 e. The van der Waals surface area contributed by atoms with Gasteiger partial charge in [-0.25, -0.2) is 9.48 Å². The minimum Gasteiger partial charge on any atom is -0.480 e. The normalized spacial score (nSPS) is 15.2. The third kappa shape index (κ3) is 4.52. The summed E-state index contributed by atoms with van der Waals surface area (Å²) in [7, 11) is 0. The molecule has 0 aromatic carbocycles. The van der Waals surface area contributed by atoms with Crippen molar-refractivity contribution in [2.75, 3.05) is 6.54 Å². The molecule has 1 aliphatic carbocycles. The molecule has 1 heterocycles. The van der Waals surface area contributed by atoms with Crippen molar-refractivity contribution >= 4 is 12.0 Å². The third-order valence-electron chi connectivity index (χ3n) is 3.34. The molecule has 0 spiro atoms. The Balaban J connectivity index is 1.67. The third-order valence-corrected chi connectivity index (χ3v) is 3.34. The molecule has 1 saturated carbocycles. The lowest BCUT2D eigenvalue weighted by Crippen LogP contribution is -2.37. The van der Waals surface area contributed by atoms with Crippen LogP contribution in [0.1, 0.15) is 31.4 Å². The maximum atomic E-state index is 11.6. The second-order valence-electron chi connectivity index (χ2n) is 5.02. The van der Waals surface area contributed by atoms with Crippen LogP contribution in [0.3, 0.4) is 0 Å². The Hall–Kier alpha value is -2.12. The number of aliphatic carboxylic acids is 1. The van der Waals surface area contributed by atoms with E-state index in [1.165, 1.54) is 36.6 Å². The number of nitrogens with zero attached hydrogens (tertiary/aromatic N) is 3. The van der Waals surface area contributed by atoms with Crippen molar-refractivity contribution < 1.29 is 14.7 Å². The maximum absolute atomic E-state index is 11.6. The summed E-state index contributed by atoms with van der Waals surface area (Å²) in [5, 5.41) is 21.6. The molecule has 1 aromatic heterocycles. The zero-order valence-electron chi connectivity index (χ0n) is 11.2. The first-order chi connectivity index (χ1) is 9.63. The monoisotopic (exact) mass is 281 g/mol. The van der Waals surface area contributed by atoms with Gasteiger partial charge in [0.15, 0.2) is 0 Å². The van der Waals surface area contributed by atoms with Crippen LogP contribution < -0.4 is 10.6 Å². The minimum absolute atomic E-state index is 0.232. The molecule has 0 bridgehead atoms. The van der Waals surface area contributed by atoms with Gasteiger partial charge in [0.2, 0.25) is 0 Å². The highest BCUT2D eigenvalue weighted by Crippen LogP contribution is 2.23. The van der Waals surface area contributed by atoms with Gasteiger partial charge in [0.05, 0.1) is 12.7 Å². The second kappa shape index (κ2) is 6.88. The first-order valence-corrected chi connectivity index (χ1v) is 6.76. The fourth-order valence-electron chi connectivity index (χ4n) is 2.32. The van der Waals surface area contributed by atoms with Gasteiger partial charge >= 0.3 is 12.0 Å². The number of carbonyl (C=O) groups is 2. The van der Waals surface area contributed by atoms with Crippen LogP contribution in [0.15, 0.2) is 6.20 Å². The van der Waals surface area contributed by atoms with E-state index in [0.29, 0.717) is 18.2 Å². The van der Waals surface area contributed by atoms with Crippen molar-refractivity contribution in [3.63, 3.8) is 0 Å². The van der Waals surface area contributed by atoms with Gasteiger partial charge in [0.1, 0.15) is 12.2 Å². The molecule has 20 heavy (non-hydrogen) atoms. The van der Waals surface area contributed by atoms with E-state index in [1.54, 1.807) is 0 Å². The zero-order valence-corrected chi connectivity index (χ0v) is 11.2. The van der Waals surface area contributed by atoms with Crippen LogP contribution in [0.5, 0.6) is 0 Å². The lowest BCUT2D eigenvalue weighted by atomic mass is 10.1. The van der Waals surface area contributed by atoms with Crippen molar-refractivity contribution in [2.45, 2.75) is 38.8 Å². The van der Waals surface area contributed by atoms with Crippen molar-refractivity contribution in [2.24, 2.45) is 5.92 Å². The van der Waals surface area contributed by atoms with Gasteiger partial charge in [0, 0.05) is 6.54 Å². The van der Waals surface area contributed by atoms with E-state index in [4.69, 9.17) is 5.11 Å². The Morgan fingerprint density at radius 3 is 2.80 bits per heavy atom. The summed E-state index contributed by atoms with van der Waals surface area (Å²) < 4.78 is 1.22. The lowest BCUT2D eigenvalue weighted by Gasteiger charge is -2.10. The van der Waals surface area contributed by atoms with Crippen LogP contribution in [0.25, 0.3) is 0 Å². The number of hydrogen-bond acceptors (Lipinski definition) is 4. The van der Waals surface area contributed by atoms with Gasteiger partial charge < -0.3 is 15.7 Å². The Bertz CT molecular complexity index is 467. The number of carboxylic acids is 1. The first kappa shape index (κ1) is 14.3. The van der Waals surface area contributed by atoms with Gasteiger partial charge in [-0.15, -0.1) is 5.10 Å². The quantitative estimate of drug-likeness (QED) is 0.697. The van der Waals surface area contributed by atoms with Gasteiger partial charge in [-0.2, -0.15) is 0 Å². The molecule has 2 amide bonds. The number of nitrogens with one attached hydrogen (secondary N) is 2. The van der Waals surface area contributed by atoms with Crippen molar-refractivity contribution in [1.82, 2.24) is 25.6 Å². The Morgan fingerprint density at radius 2 is 2.10 bits per heavy atom. The number of urea groups is 1. The summed E-state index contributed by atoms with van der Waals surface area (Å²) >= 11 is 0. The summed E-state index contributed by atoms with van der Waals surface area (Å²) in [5.41, 5.74) is 0.530. The average Bonchev–Trinajstić information content (AvgIpc) is 3.04. The Labute approximate surface area is 116 Å². The second-order valence-corrected chi connectivity index (χ2v) is 5.02. The molecule has 1 fully saturated rings. The van der Waals surface area contributed by atoms with E-state index in [9.17, 15) is 9.59 Å². The van der Waals surface area contributed by atoms with Crippen LogP contribution in [-0.2, 0) is 17.9 Å². The molecule has 8 heteroatoms. The summed E-state index contributed by atoms with van der Waals surface area (Å²) in [6.07, 6.45) is 6.38. The highest BCUT2D eigenvalue weighted by Gasteiger charge is 2.15. The first-order valence-electron chi connectivity index (χ1n) is 6.76. The molecular weight excluding hydrogens is 262 g/mol. The largest absolute Gasteiger partial charge is 0.480 e. The highest BCUT2D eigenvalue weighted by molar-refractivity contribution is 5.73. The van der Waals surface area contributed by atoms with E-state index in [1.807, 2.05) is 0 Å². The van der Waals surface area contributed by atoms with Crippen LogP contribution in [0, 0.1) is 5.92 Å². The molecule has 110 valence electrons. The number of carbonyl (C=O) groups excluding carboxylic acids is 1. The number of hydrogen-bond donors (Lipinski definition) is 3. The van der Waals surface area contributed by atoms with Gasteiger partial charge in [-0.05, 0) is 18.8 Å². The molecular formula is C12H19N5O3. The lowest BCUT2D eigenvalue weighted by molar-refractivity contribution is -0.137. The van der Waals surface area contributed by atoms with Crippen LogP contribution in [0.2, 0.25) is 0 Å². The van der Waals surface area contributed by atoms with Gasteiger partial charge in [-0.3, -0.25) is 4.79 Å². The van der Waals surface area contributed by atoms with E-state index >= 15 is 0 Å². The van der Waals surface area contributed by atoms with Gasteiger partial charge in [0.25, 0.3) is 0 Å². The molecule has 0 saturated heterocycles. The molecule has 2 rings (SSSR count). The van der Waals surface area contributed by atoms with E-state index in [-0.39, 0.29) is 19.1 Å². The molecule has 0 unspecified atom stereocenters. The molecule has 3 N–H and O–H groups in total. The van der Waals surface area contributed by atoms with E-state index in [0.717, 1.165) is 0 Å². The predicted molar refractivity (Wildman–Crippen MR) is 69.9 cm³/mol. The number of carboxylic acid groups (broad SMARTS) is 1. The highest BCUT2D eigenvalue weighted by atomic mass is 16.4. The van der Waals surface area contributed by atoms with E-state index in [2.05, 4.69) is 20.9 Å². The SMILES string of the molecule is O=C(O)Cn1cc(CNC(=O)NCC2CCCC2)nn1. The predicted octanol–water partition coefficient (Wildman–Crippen LogP) is 0.352. The number of rotatable bonds is 6. The molecule has 1 aromatic rings. The summed E-state index contributed by atoms with van der Waals surface area (Å²) in [6.45, 7) is 0.703. The van der Waals surface area contributed by atoms with Crippen LogP contribution in [0.4, 0.5) is 4.79 Å². The fraction of sp³-hybridized carbons (Fsp3) is 0.667. The smallest absolute Gasteiger partial charge is 0.325 e. The minimum atomic E-state index is -0.983. The van der Waals surface area contributed by atoms with Gasteiger partial charge in [-0.1, -0.05) is 18.1 Å². The summed E-state index contributed by atoms with van der Waals surface area (Å²) in [4.78, 5) is 22.1. The van der Waals surface area contributed by atoms with Crippen molar-refractivity contribution in [1.29, 1.82) is 0 Å². The molecule has 0 atom stereocenters. The Morgan fingerprint density at radius 1 is 1.35 bits per heavy atom. The average molecular weight is 281 g/mol. The standard InChI is InChI=1S/C12H19N5O3/c18-11(19)8-17-7-10(15-16-17)6-14-12(20)13-5-9-3-1-2-4-9/h7,9H,1-6,8H2,(H,18,19)(H2,13,14,20). The van der Waals surface area contributed by atoms with Crippen LogP contribution in [-0.4, -0.2) is 38.6 Å². The summed E-state index contributed by atoms with van der Waals surface area (Å²) in [5.74, 6) is -0.388. The molecule has 0 radical (unpaired) electrons.